The predicted octanol–water partition coefficient (Wildman–Crippen LogP) is 2.50. The van der Waals surface area contributed by atoms with Gasteiger partial charge in [-0.25, -0.2) is 0 Å². The fraction of sp³-hybridized carbons (Fsp3) is 0.385. The zero-order valence-corrected chi connectivity index (χ0v) is 12.2. The molecule has 0 aromatic heterocycles. The molecule has 0 saturated carbocycles. The van der Waals surface area contributed by atoms with E-state index in [0.717, 1.165) is 4.90 Å². The van der Waals surface area contributed by atoms with Crippen LogP contribution in [-0.2, 0) is 14.3 Å². The van der Waals surface area contributed by atoms with Gasteiger partial charge in [0, 0.05) is 16.5 Å². The number of benzene rings is 1. The molecular weight excluding hydrogens is 286 g/mol. The molecule has 19 heavy (non-hydrogen) atoms. The number of halogens is 1. The molecule has 0 unspecified atom stereocenters. The molecule has 1 amide bonds. The minimum Gasteiger partial charge on any atom is -0.466 e. The average molecular weight is 302 g/mol. The average Bonchev–Trinajstić information content (AvgIpc) is 2.38. The number of rotatable bonds is 7. The van der Waals surface area contributed by atoms with Gasteiger partial charge in [-0.15, -0.1) is 11.8 Å². The van der Waals surface area contributed by atoms with Crippen molar-refractivity contribution < 1.29 is 14.3 Å². The molecule has 1 N–H and O–H groups in total. The van der Waals surface area contributed by atoms with E-state index in [1.54, 1.807) is 19.1 Å². The maximum absolute atomic E-state index is 11.5. The van der Waals surface area contributed by atoms with E-state index in [9.17, 15) is 9.59 Å². The van der Waals surface area contributed by atoms with Gasteiger partial charge in [-0.2, -0.15) is 0 Å². The Balaban J connectivity index is 2.17. The molecule has 0 spiro atoms. The molecule has 0 atom stereocenters. The number of ether oxygens (including phenoxy) is 1. The van der Waals surface area contributed by atoms with E-state index >= 15 is 0 Å². The van der Waals surface area contributed by atoms with Crippen molar-refractivity contribution in [3.8, 4) is 0 Å². The molecule has 4 nitrogen and oxygen atoms in total. The van der Waals surface area contributed by atoms with E-state index in [-0.39, 0.29) is 18.3 Å². The molecule has 0 bridgehead atoms. The van der Waals surface area contributed by atoms with Crippen LogP contribution in [0.5, 0.6) is 0 Å². The highest BCUT2D eigenvalue weighted by molar-refractivity contribution is 8.00. The first-order chi connectivity index (χ1) is 9.11. The summed E-state index contributed by atoms with van der Waals surface area (Å²) in [6.45, 7) is 2.41. The molecule has 0 radical (unpaired) electrons. The highest BCUT2D eigenvalue weighted by Crippen LogP contribution is 2.19. The third-order valence-corrected chi connectivity index (χ3v) is 3.40. The van der Waals surface area contributed by atoms with Gasteiger partial charge in [-0.3, -0.25) is 9.59 Å². The van der Waals surface area contributed by atoms with Gasteiger partial charge in [-0.1, -0.05) is 11.6 Å². The third-order valence-electron chi connectivity index (χ3n) is 2.14. The SMILES string of the molecule is CCOC(=O)CCNC(=O)CSc1ccc(Cl)cc1. The Bertz CT molecular complexity index is 422. The molecule has 104 valence electrons. The van der Waals surface area contributed by atoms with Crippen LogP contribution in [0.25, 0.3) is 0 Å². The summed E-state index contributed by atoms with van der Waals surface area (Å²) in [4.78, 5) is 23.5. The first kappa shape index (κ1) is 15.9. The van der Waals surface area contributed by atoms with Gasteiger partial charge in [0.25, 0.3) is 0 Å². The van der Waals surface area contributed by atoms with Crippen molar-refractivity contribution in [3.05, 3.63) is 29.3 Å². The van der Waals surface area contributed by atoms with Crippen LogP contribution in [0.1, 0.15) is 13.3 Å². The number of carbonyl (C=O) groups excluding carboxylic acids is 2. The number of thioether (sulfide) groups is 1. The molecule has 0 aliphatic carbocycles. The Morgan fingerprint density at radius 3 is 2.63 bits per heavy atom. The maximum Gasteiger partial charge on any atom is 0.307 e. The van der Waals surface area contributed by atoms with E-state index < -0.39 is 0 Å². The van der Waals surface area contributed by atoms with Gasteiger partial charge in [0.15, 0.2) is 0 Å². The van der Waals surface area contributed by atoms with Crippen molar-refractivity contribution in [1.82, 2.24) is 5.32 Å². The molecule has 0 aliphatic heterocycles. The summed E-state index contributed by atoms with van der Waals surface area (Å²) in [6, 6.07) is 7.28. The first-order valence-corrected chi connectivity index (χ1v) is 7.29. The Hall–Kier alpha value is -1.20. The molecule has 1 aromatic carbocycles. The second-order valence-corrected chi connectivity index (χ2v) is 5.13. The molecule has 0 heterocycles. The van der Waals surface area contributed by atoms with Crippen LogP contribution < -0.4 is 5.32 Å². The standard InChI is InChI=1S/C13H16ClNO3S/c1-2-18-13(17)7-8-15-12(16)9-19-11-5-3-10(14)4-6-11/h3-6H,2,7-9H2,1H3,(H,15,16). The molecular formula is C13H16ClNO3S. The number of hydrogen-bond donors (Lipinski definition) is 1. The largest absolute Gasteiger partial charge is 0.466 e. The van der Waals surface area contributed by atoms with Crippen molar-refractivity contribution in [3.63, 3.8) is 0 Å². The molecule has 0 fully saturated rings. The summed E-state index contributed by atoms with van der Waals surface area (Å²) in [5.74, 6) is -0.0952. The summed E-state index contributed by atoms with van der Waals surface area (Å²) in [6.07, 6.45) is 0.200. The lowest BCUT2D eigenvalue weighted by molar-refractivity contribution is -0.142. The van der Waals surface area contributed by atoms with Crippen LogP contribution in [-0.4, -0.2) is 30.8 Å². The van der Waals surface area contributed by atoms with Crippen molar-refractivity contribution in [2.75, 3.05) is 18.9 Å². The van der Waals surface area contributed by atoms with Crippen molar-refractivity contribution in [2.45, 2.75) is 18.2 Å². The van der Waals surface area contributed by atoms with Gasteiger partial charge >= 0.3 is 5.97 Å². The van der Waals surface area contributed by atoms with Crippen LogP contribution >= 0.6 is 23.4 Å². The minimum atomic E-state index is -0.298. The normalized spacial score (nSPS) is 10.0. The van der Waals surface area contributed by atoms with Crippen LogP contribution in [0, 0.1) is 0 Å². The number of carbonyl (C=O) groups is 2. The fourth-order valence-corrected chi connectivity index (χ4v) is 2.12. The highest BCUT2D eigenvalue weighted by Gasteiger charge is 2.05. The monoisotopic (exact) mass is 301 g/mol. The number of hydrogen-bond acceptors (Lipinski definition) is 4. The molecule has 1 aromatic rings. The maximum atomic E-state index is 11.5. The fourth-order valence-electron chi connectivity index (χ4n) is 1.27. The minimum absolute atomic E-state index is 0.107. The Morgan fingerprint density at radius 2 is 2.00 bits per heavy atom. The van der Waals surface area contributed by atoms with Crippen LogP contribution in [0.15, 0.2) is 29.2 Å². The Labute approximate surface area is 121 Å². The predicted molar refractivity (Wildman–Crippen MR) is 76.4 cm³/mol. The lowest BCUT2D eigenvalue weighted by Gasteiger charge is -2.05. The highest BCUT2D eigenvalue weighted by atomic mass is 35.5. The lowest BCUT2D eigenvalue weighted by Crippen LogP contribution is -2.28. The first-order valence-electron chi connectivity index (χ1n) is 5.92. The topological polar surface area (TPSA) is 55.4 Å². The second-order valence-electron chi connectivity index (χ2n) is 3.65. The van der Waals surface area contributed by atoms with Crippen LogP contribution in [0.2, 0.25) is 5.02 Å². The summed E-state index contributed by atoms with van der Waals surface area (Å²) in [5, 5.41) is 3.34. The Morgan fingerprint density at radius 1 is 1.32 bits per heavy atom. The van der Waals surface area contributed by atoms with Gasteiger partial charge in [-0.05, 0) is 31.2 Å². The summed E-state index contributed by atoms with van der Waals surface area (Å²) < 4.78 is 4.76. The van der Waals surface area contributed by atoms with Crippen molar-refractivity contribution >= 4 is 35.2 Å². The van der Waals surface area contributed by atoms with Crippen LogP contribution in [0.3, 0.4) is 0 Å². The van der Waals surface area contributed by atoms with Gasteiger partial charge < -0.3 is 10.1 Å². The van der Waals surface area contributed by atoms with Crippen molar-refractivity contribution in [2.24, 2.45) is 0 Å². The summed E-state index contributed by atoms with van der Waals surface area (Å²) in [5.41, 5.74) is 0. The third kappa shape index (κ3) is 7.08. The molecule has 6 heteroatoms. The van der Waals surface area contributed by atoms with Crippen LogP contribution in [0.4, 0.5) is 0 Å². The Kier molecular flexibility index (Phi) is 7.36. The van der Waals surface area contributed by atoms with E-state index in [1.165, 1.54) is 11.8 Å². The van der Waals surface area contributed by atoms with E-state index in [0.29, 0.717) is 23.9 Å². The van der Waals surface area contributed by atoms with E-state index in [2.05, 4.69) is 5.32 Å². The summed E-state index contributed by atoms with van der Waals surface area (Å²) >= 11 is 7.19. The van der Waals surface area contributed by atoms with E-state index in [4.69, 9.17) is 16.3 Å². The summed E-state index contributed by atoms with van der Waals surface area (Å²) in [7, 11) is 0. The smallest absolute Gasteiger partial charge is 0.307 e. The lowest BCUT2D eigenvalue weighted by atomic mass is 10.4. The number of esters is 1. The van der Waals surface area contributed by atoms with Crippen molar-refractivity contribution in [1.29, 1.82) is 0 Å². The van der Waals surface area contributed by atoms with Gasteiger partial charge in [0.05, 0.1) is 18.8 Å². The molecule has 0 aliphatic rings. The second kappa shape index (κ2) is 8.82. The molecule has 0 saturated heterocycles. The van der Waals surface area contributed by atoms with Gasteiger partial charge in [0.1, 0.15) is 0 Å². The zero-order valence-electron chi connectivity index (χ0n) is 10.6. The zero-order chi connectivity index (χ0) is 14.1. The van der Waals surface area contributed by atoms with E-state index in [1.807, 2.05) is 12.1 Å². The number of amides is 1. The molecule has 1 rings (SSSR count). The number of nitrogens with one attached hydrogen (secondary N) is 1. The quantitative estimate of drug-likeness (QED) is 0.621. The van der Waals surface area contributed by atoms with Gasteiger partial charge in [0.2, 0.25) is 5.91 Å².